The molecule has 4 nitrogen and oxygen atoms in total. The lowest BCUT2D eigenvalue weighted by molar-refractivity contribution is 0.180. The number of aromatic amines is 1. The second-order valence-electron chi connectivity index (χ2n) is 9.31. The molecule has 0 aliphatic rings. The van der Waals surface area contributed by atoms with Crippen LogP contribution >= 0.6 is 0 Å². The van der Waals surface area contributed by atoms with Crippen molar-refractivity contribution in [1.82, 2.24) is 4.98 Å². The van der Waals surface area contributed by atoms with E-state index in [1.807, 2.05) is 42.5 Å². The predicted octanol–water partition coefficient (Wildman–Crippen LogP) is 6.58. The van der Waals surface area contributed by atoms with Gasteiger partial charge in [-0.1, -0.05) is 64.1 Å². The van der Waals surface area contributed by atoms with Crippen LogP contribution in [0.15, 0.2) is 59.4 Å². The zero-order chi connectivity index (χ0) is 21.9. The molecule has 0 aliphatic carbocycles. The van der Waals surface area contributed by atoms with Crippen LogP contribution in [0.3, 0.4) is 0 Å². The minimum absolute atomic E-state index is 0.0255. The average molecular weight is 424 g/mol. The molecule has 0 fully saturated rings. The lowest BCUT2D eigenvalue weighted by atomic mass is 10.0. The summed E-state index contributed by atoms with van der Waals surface area (Å²) in [7, 11) is -1.95. The molecule has 30 heavy (non-hydrogen) atoms. The molecule has 0 unspecified atom stereocenters. The van der Waals surface area contributed by atoms with E-state index in [0.717, 1.165) is 28.5 Å². The first-order valence-electron chi connectivity index (χ1n) is 10.6. The van der Waals surface area contributed by atoms with Gasteiger partial charge in [0.2, 0.25) is 5.56 Å². The zero-order valence-electron chi connectivity index (χ0n) is 18.9. The molecule has 0 saturated heterocycles. The number of H-pyrrole nitrogens is 1. The Kier molecular flexibility index (Phi) is 6.53. The van der Waals surface area contributed by atoms with Gasteiger partial charge >= 0.3 is 0 Å². The Balaban J connectivity index is 1.99. The van der Waals surface area contributed by atoms with Gasteiger partial charge in [-0.25, -0.2) is 0 Å². The number of fused-ring (bicyclic) bond motifs is 1. The SMILES string of the molecule is CC[C@H](O[Si](C)(C)C(C)(C)C)c1ccc(OCc2ccccc2)c2[nH]c(=O)ccc12. The summed E-state index contributed by atoms with van der Waals surface area (Å²) in [4.78, 5) is 15.1. The first-order chi connectivity index (χ1) is 14.1. The van der Waals surface area contributed by atoms with E-state index in [1.165, 1.54) is 0 Å². The highest BCUT2D eigenvalue weighted by molar-refractivity contribution is 6.74. The van der Waals surface area contributed by atoms with Crippen LogP contribution in [0.5, 0.6) is 5.75 Å². The van der Waals surface area contributed by atoms with Crippen molar-refractivity contribution in [3.8, 4) is 5.75 Å². The third-order valence-corrected chi connectivity index (χ3v) is 10.6. The van der Waals surface area contributed by atoms with Crippen LogP contribution < -0.4 is 10.3 Å². The second kappa shape index (κ2) is 8.78. The summed E-state index contributed by atoms with van der Waals surface area (Å²) in [6, 6.07) is 17.5. The van der Waals surface area contributed by atoms with Gasteiger partial charge in [0, 0.05) is 11.5 Å². The van der Waals surface area contributed by atoms with E-state index < -0.39 is 8.32 Å². The molecule has 0 amide bonds. The van der Waals surface area contributed by atoms with Crippen molar-refractivity contribution in [2.45, 2.75) is 65.0 Å². The topological polar surface area (TPSA) is 51.3 Å². The van der Waals surface area contributed by atoms with Crippen molar-refractivity contribution < 1.29 is 9.16 Å². The summed E-state index contributed by atoms with van der Waals surface area (Å²) in [6.45, 7) is 13.9. The highest BCUT2D eigenvalue weighted by Gasteiger charge is 2.39. The molecule has 3 rings (SSSR count). The van der Waals surface area contributed by atoms with E-state index in [2.05, 4.69) is 51.8 Å². The number of rotatable bonds is 7. The van der Waals surface area contributed by atoms with Crippen molar-refractivity contribution in [1.29, 1.82) is 0 Å². The van der Waals surface area contributed by atoms with Gasteiger partial charge in [-0.2, -0.15) is 0 Å². The van der Waals surface area contributed by atoms with Crippen LogP contribution in [0.2, 0.25) is 18.1 Å². The fraction of sp³-hybridized carbons (Fsp3) is 0.400. The number of hydrogen-bond donors (Lipinski definition) is 1. The maximum Gasteiger partial charge on any atom is 0.248 e. The van der Waals surface area contributed by atoms with Gasteiger partial charge in [0.15, 0.2) is 8.32 Å². The molecule has 1 N–H and O–H groups in total. The van der Waals surface area contributed by atoms with Crippen LogP contribution in [-0.4, -0.2) is 13.3 Å². The van der Waals surface area contributed by atoms with Crippen molar-refractivity contribution >= 4 is 19.2 Å². The first-order valence-corrected chi connectivity index (χ1v) is 13.5. The lowest BCUT2D eigenvalue weighted by Crippen LogP contribution is -2.41. The highest BCUT2D eigenvalue weighted by atomic mass is 28.4. The normalized spacial score (nSPS) is 13.4. The summed E-state index contributed by atoms with van der Waals surface area (Å²) in [5.74, 6) is 0.678. The number of nitrogens with one attached hydrogen (secondary N) is 1. The van der Waals surface area contributed by atoms with Crippen LogP contribution in [-0.2, 0) is 11.0 Å². The molecule has 5 heteroatoms. The van der Waals surface area contributed by atoms with E-state index in [4.69, 9.17) is 9.16 Å². The molecule has 160 valence electrons. The Bertz CT molecular complexity index is 1050. The average Bonchev–Trinajstić information content (AvgIpc) is 2.70. The van der Waals surface area contributed by atoms with Gasteiger partial charge in [0.1, 0.15) is 12.4 Å². The quantitative estimate of drug-likeness (QED) is 0.437. The second-order valence-corrected chi connectivity index (χ2v) is 14.1. The summed E-state index contributed by atoms with van der Waals surface area (Å²) in [6.07, 6.45) is 0.841. The maximum atomic E-state index is 12.1. The number of aromatic nitrogens is 1. The molecular weight excluding hydrogens is 390 g/mol. The minimum atomic E-state index is -1.95. The molecule has 0 bridgehead atoms. The first kappa shape index (κ1) is 22.3. The molecule has 0 aliphatic heterocycles. The molecule has 3 aromatic rings. The highest BCUT2D eigenvalue weighted by Crippen LogP contribution is 2.42. The largest absolute Gasteiger partial charge is 0.487 e. The van der Waals surface area contributed by atoms with Gasteiger partial charge in [0.05, 0.1) is 11.6 Å². The Morgan fingerprint density at radius 1 is 1.00 bits per heavy atom. The fourth-order valence-corrected chi connectivity index (χ4v) is 4.64. The molecule has 1 atom stereocenters. The van der Waals surface area contributed by atoms with Gasteiger partial charge in [-0.3, -0.25) is 4.79 Å². The lowest BCUT2D eigenvalue weighted by Gasteiger charge is -2.39. The van der Waals surface area contributed by atoms with Crippen molar-refractivity contribution in [3.63, 3.8) is 0 Å². The van der Waals surface area contributed by atoms with Crippen molar-refractivity contribution in [2.75, 3.05) is 0 Å². The van der Waals surface area contributed by atoms with E-state index in [1.54, 1.807) is 6.07 Å². The molecule has 0 radical (unpaired) electrons. The fourth-order valence-electron chi connectivity index (χ4n) is 3.28. The van der Waals surface area contributed by atoms with E-state index in [-0.39, 0.29) is 16.7 Å². The maximum absolute atomic E-state index is 12.1. The molecule has 1 heterocycles. The molecule has 2 aromatic carbocycles. The van der Waals surface area contributed by atoms with Crippen LogP contribution in [0.4, 0.5) is 0 Å². The van der Waals surface area contributed by atoms with Gasteiger partial charge < -0.3 is 14.1 Å². The Hall–Kier alpha value is -2.37. The van der Waals surface area contributed by atoms with E-state index in [0.29, 0.717) is 12.4 Å². The third kappa shape index (κ3) is 4.85. The third-order valence-electron chi connectivity index (χ3n) is 6.09. The molecule has 1 aromatic heterocycles. The molecule has 0 saturated carbocycles. The van der Waals surface area contributed by atoms with Gasteiger partial charge in [-0.15, -0.1) is 0 Å². The number of benzene rings is 2. The standard InChI is InChI=1S/C25H33NO3Si/c1-7-21(29-30(5,6)25(2,3)4)19-13-15-22(24-20(19)14-16-23(27)26-24)28-17-18-11-9-8-10-12-18/h8-16,21H,7,17H2,1-6H3,(H,26,27)/t21-/m0/s1. The van der Waals surface area contributed by atoms with Crippen molar-refractivity contribution in [3.05, 3.63) is 76.1 Å². The summed E-state index contributed by atoms with van der Waals surface area (Å²) < 4.78 is 12.8. The van der Waals surface area contributed by atoms with Crippen LogP contribution in [0.25, 0.3) is 10.9 Å². The van der Waals surface area contributed by atoms with E-state index >= 15 is 0 Å². The Morgan fingerprint density at radius 3 is 2.33 bits per heavy atom. The van der Waals surface area contributed by atoms with Gasteiger partial charge in [0.25, 0.3) is 0 Å². The Labute approximate surface area is 180 Å². The number of hydrogen-bond acceptors (Lipinski definition) is 3. The van der Waals surface area contributed by atoms with Gasteiger partial charge in [-0.05, 0) is 47.8 Å². The summed E-state index contributed by atoms with van der Waals surface area (Å²) in [5, 5.41) is 1.11. The number of pyridine rings is 1. The smallest absolute Gasteiger partial charge is 0.248 e. The minimum Gasteiger partial charge on any atom is -0.487 e. The van der Waals surface area contributed by atoms with Crippen LogP contribution in [0.1, 0.15) is 51.3 Å². The predicted molar refractivity (Wildman–Crippen MR) is 127 cm³/mol. The monoisotopic (exact) mass is 423 g/mol. The van der Waals surface area contributed by atoms with E-state index in [9.17, 15) is 4.79 Å². The molecular formula is C25H33NO3Si. The van der Waals surface area contributed by atoms with Crippen molar-refractivity contribution in [2.24, 2.45) is 0 Å². The molecule has 0 spiro atoms. The number of ether oxygens (including phenoxy) is 1. The Morgan fingerprint density at radius 2 is 1.70 bits per heavy atom. The zero-order valence-corrected chi connectivity index (χ0v) is 19.9. The summed E-state index contributed by atoms with van der Waals surface area (Å²) >= 11 is 0. The summed E-state index contributed by atoms with van der Waals surface area (Å²) in [5.41, 5.74) is 2.78. The van der Waals surface area contributed by atoms with Crippen LogP contribution in [0, 0.1) is 0 Å².